The van der Waals surface area contributed by atoms with E-state index < -0.39 is 11.6 Å². The molecule has 0 aliphatic carbocycles. The average Bonchev–Trinajstić information content (AvgIpc) is 4.04. The maximum atomic E-state index is 16.3. The molecule has 0 spiro atoms. The summed E-state index contributed by atoms with van der Waals surface area (Å²) < 4.78 is 32.5. The number of rotatable bonds is 54. The van der Waals surface area contributed by atoms with Crippen molar-refractivity contribution >= 4 is 44.7 Å². The second-order valence-corrected chi connectivity index (χ2v) is 27.8. The lowest BCUT2D eigenvalue weighted by molar-refractivity contribution is 0.400. The highest BCUT2D eigenvalue weighted by Crippen LogP contribution is 2.37. The van der Waals surface area contributed by atoms with Crippen LogP contribution in [0.1, 0.15) is 347 Å². The van der Waals surface area contributed by atoms with Crippen molar-refractivity contribution in [1.82, 2.24) is 9.97 Å². The lowest BCUT2D eigenvalue weighted by atomic mass is 9.89. The number of fused-ring (bicyclic) bond motifs is 2. The monoisotopic (exact) mass is 1160 g/mol. The standard InChI is InChI=1S/C76H122F2N2S2/c1-5-9-13-17-21-25-29-31-35-39-43-47-51-63(49-45-41-37-33-27-23-19-15-11-7-3)53-65-55-73(81-61-65)67-57-69(77)75-71(59-67)79-76-70(78)58-68(60-72(76)80-75)74-56-66(62-82-74)54-64(50-46-42-38-34-28-24-20-16-12-8-4)52-48-44-40-36-32-30-26-22-18-14-10-6-2/h55-64H,5-54H2,1-4H3. The van der Waals surface area contributed by atoms with E-state index in [0.717, 1.165) is 33.7 Å². The van der Waals surface area contributed by atoms with Crippen LogP contribution < -0.4 is 0 Å². The van der Waals surface area contributed by atoms with Gasteiger partial charge in [0.25, 0.3) is 0 Å². The predicted octanol–water partition coefficient (Wildman–Crippen LogP) is 27.6. The maximum Gasteiger partial charge on any atom is 0.151 e. The van der Waals surface area contributed by atoms with Crippen molar-refractivity contribution in [3.05, 3.63) is 69.9 Å². The minimum absolute atomic E-state index is 0.211. The maximum absolute atomic E-state index is 16.3. The van der Waals surface area contributed by atoms with Gasteiger partial charge in [-0.15, -0.1) is 22.7 Å². The summed E-state index contributed by atoms with van der Waals surface area (Å²) in [5.74, 6) is 0.578. The molecule has 0 radical (unpaired) electrons. The van der Waals surface area contributed by atoms with E-state index in [-0.39, 0.29) is 11.0 Å². The number of aromatic nitrogens is 2. The van der Waals surface area contributed by atoms with Gasteiger partial charge in [0, 0.05) is 9.75 Å². The number of nitrogens with zero attached hydrogens (tertiary/aromatic N) is 2. The molecule has 5 rings (SSSR count). The van der Waals surface area contributed by atoms with Crippen LogP contribution in [0.15, 0.2) is 47.2 Å². The normalized spacial score (nSPS) is 12.7. The summed E-state index contributed by atoms with van der Waals surface area (Å²) >= 11 is 3.39. The van der Waals surface area contributed by atoms with Gasteiger partial charge in [-0.3, -0.25) is 0 Å². The van der Waals surface area contributed by atoms with E-state index in [2.05, 4.69) is 50.6 Å². The molecular weight excluding hydrogens is 1040 g/mol. The van der Waals surface area contributed by atoms with Gasteiger partial charge in [-0.05, 0) is 94.1 Å². The van der Waals surface area contributed by atoms with Gasteiger partial charge in [0.05, 0.1) is 11.0 Å². The Bertz CT molecular complexity index is 2170. The van der Waals surface area contributed by atoms with Crippen LogP contribution in [0.2, 0.25) is 0 Å². The summed E-state index contributed by atoms with van der Waals surface area (Å²) in [4.78, 5) is 11.7. The first-order valence-electron chi connectivity index (χ1n) is 35.7. The molecule has 462 valence electrons. The summed E-state index contributed by atoms with van der Waals surface area (Å²) in [5.41, 5.74) is 5.57. The Morgan fingerprint density at radius 1 is 0.305 bits per heavy atom. The third kappa shape index (κ3) is 29.6. The number of hydrogen-bond donors (Lipinski definition) is 0. The van der Waals surface area contributed by atoms with E-state index in [1.165, 1.54) is 319 Å². The van der Waals surface area contributed by atoms with Crippen molar-refractivity contribution < 1.29 is 8.78 Å². The van der Waals surface area contributed by atoms with E-state index in [1.807, 2.05) is 12.1 Å². The Balaban J connectivity index is 1.16. The van der Waals surface area contributed by atoms with Gasteiger partial charge >= 0.3 is 0 Å². The molecule has 3 aromatic heterocycles. The van der Waals surface area contributed by atoms with Crippen LogP contribution in [0.25, 0.3) is 42.9 Å². The largest absolute Gasteiger partial charge is 0.241 e. The van der Waals surface area contributed by atoms with Gasteiger partial charge in [0.1, 0.15) is 11.0 Å². The number of halogens is 2. The fraction of sp³-hybridized carbons (Fsp3) is 0.737. The minimum Gasteiger partial charge on any atom is -0.241 e. The van der Waals surface area contributed by atoms with Crippen molar-refractivity contribution in [3.8, 4) is 20.9 Å². The molecule has 2 unspecified atom stereocenters. The molecule has 0 bridgehead atoms. The molecule has 2 nitrogen and oxygen atoms in total. The molecule has 0 saturated carbocycles. The fourth-order valence-corrected chi connectivity index (χ4v) is 14.9. The highest BCUT2D eigenvalue weighted by Gasteiger charge is 2.18. The number of unbranched alkanes of at least 4 members (excludes halogenated alkanes) is 40. The summed E-state index contributed by atoms with van der Waals surface area (Å²) in [5, 5.41) is 4.60. The first-order chi connectivity index (χ1) is 40.4. The fourth-order valence-electron chi connectivity index (χ4n) is 13.1. The van der Waals surface area contributed by atoms with E-state index >= 15 is 8.78 Å². The van der Waals surface area contributed by atoms with Crippen LogP contribution in [0.4, 0.5) is 8.78 Å². The zero-order chi connectivity index (χ0) is 57.9. The first kappa shape index (κ1) is 70.1. The topological polar surface area (TPSA) is 25.8 Å². The molecular formula is C76H122F2N2S2. The van der Waals surface area contributed by atoms with Gasteiger partial charge in [0.15, 0.2) is 11.6 Å². The molecule has 0 aliphatic heterocycles. The third-order valence-electron chi connectivity index (χ3n) is 18.3. The van der Waals surface area contributed by atoms with Gasteiger partial charge in [-0.2, -0.15) is 0 Å². The van der Waals surface area contributed by atoms with Crippen molar-refractivity contribution in [2.75, 3.05) is 0 Å². The lowest BCUT2D eigenvalue weighted by Crippen LogP contribution is -2.05. The van der Waals surface area contributed by atoms with Crippen LogP contribution >= 0.6 is 22.7 Å². The number of hydrogen-bond acceptors (Lipinski definition) is 4. The second kappa shape index (κ2) is 45.6. The summed E-state index contributed by atoms with van der Waals surface area (Å²) in [6, 6.07) is 11.7. The van der Waals surface area contributed by atoms with E-state index in [4.69, 9.17) is 9.97 Å². The molecule has 0 fully saturated rings. The quantitative estimate of drug-likeness (QED) is 0.0286. The third-order valence-corrected chi connectivity index (χ3v) is 20.4. The smallest absolute Gasteiger partial charge is 0.151 e. The molecule has 82 heavy (non-hydrogen) atoms. The molecule has 5 aromatic rings. The highest BCUT2D eigenvalue weighted by atomic mass is 32.1. The van der Waals surface area contributed by atoms with Gasteiger partial charge in [-0.25, -0.2) is 18.7 Å². The molecule has 6 heteroatoms. The summed E-state index contributed by atoms with van der Waals surface area (Å²) in [6.45, 7) is 9.20. The Labute approximate surface area is 511 Å². The summed E-state index contributed by atoms with van der Waals surface area (Å²) in [7, 11) is 0. The zero-order valence-electron chi connectivity index (χ0n) is 53.6. The van der Waals surface area contributed by atoms with E-state index in [1.54, 1.807) is 34.8 Å². The van der Waals surface area contributed by atoms with Crippen LogP contribution in [-0.2, 0) is 12.8 Å². The van der Waals surface area contributed by atoms with Crippen LogP contribution in [0, 0.1) is 23.5 Å². The van der Waals surface area contributed by atoms with Gasteiger partial charge < -0.3 is 0 Å². The minimum atomic E-state index is -0.395. The van der Waals surface area contributed by atoms with Gasteiger partial charge in [-0.1, -0.05) is 336 Å². The molecule has 0 N–H and O–H groups in total. The van der Waals surface area contributed by atoms with Crippen molar-refractivity contribution in [3.63, 3.8) is 0 Å². The molecule has 0 aliphatic rings. The highest BCUT2D eigenvalue weighted by molar-refractivity contribution is 7.14. The average molecular weight is 1170 g/mol. The predicted molar refractivity (Wildman–Crippen MR) is 362 cm³/mol. The molecule has 3 heterocycles. The van der Waals surface area contributed by atoms with Crippen molar-refractivity contribution in [2.45, 2.75) is 349 Å². The Hall–Kier alpha value is -2.70. The molecule has 2 atom stereocenters. The van der Waals surface area contributed by atoms with E-state index in [0.29, 0.717) is 22.9 Å². The van der Waals surface area contributed by atoms with Crippen molar-refractivity contribution in [2.24, 2.45) is 11.8 Å². The number of thiophene rings is 2. The van der Waals surface area contributed by atoms with Crippen LogP contribution in [-0.4, -0.2) is 9.97 Å². The Morgan fingerprint density at radius 2 is 0.537 bits per heavy atom. The Morgan fingerprint density at radius 3 is 0.780 bits per heavy atom. The molecule has 2 aromatic carbocycles. The number of benzene rings is 2. The van der Waals surface area contributed by atoms with E-state index in [9.17, 15) is 0 Å². The second-order valence-electron chi connectivity index (χ2n) is 26.0. The van der Waals surface area contributed by atoms with Crippen LogP contribution in [0.5, 0.6) is 0 Å². The van der Waals surface area contributed by atoms with Gasteiger partial charge in [0.2, 0.25) is 0 Å². The Kier molecular flexibility index (Phi) is 39.0. The lowest BCUT2D eigenvalue weighted by Gasteiger charge is -2.16. The molecule has 0 amide bonds. The summed E-state index contributed by atoms with van der Waals surface area (Å²) in [6.07, 6.45) is 68.1. The SMILES string of the molecule is CCCCCCCCCCCCCCC(CCCCCCCCCCCC)Cc1csc(-c2cc(F)c3nc4cc(-c5cc(CC(CCCCCCCCCCCC)CCCCCCCCCCCCCC)cs5)cc(F)c4nc3c2)c1. The first-order valence-corrected chi connectivity index (χ1v) is 37.4. The van der Waals surface area contributed by atoms with Crippen molar-refractivity contribution in [1.29, 1.82) is 0 Å². The molecule has 0 saturated heterocycles. The van der Waals surface area contributed by atoms with Crippen LogP contribution in [0.3, 0.4) is 0 Å². The zero-order valence-corrected chi connectivity index (χ0v) is 55.2.